The number of para-hydroxylation sites is 1. The largest absolute Gasteiger partial charge is 0.419 e. The van der Waals surface area contributed by atoms with Crippen molar-refractivity contribution in [3.63, 3.8) is 0 Å². The Hall–Kier alpha value is -0.500. The summed E-state index contributed by atoms with van der Waals surface area (Å²) >= 11 is 10.2. The molecule has 70 valence electrons. The Morgan fingerprint density at radius 3 is 2.23 bits per heavy atom. The normalized spacial score (nSPS) is 10.9. The summed E-state index contributed by atoms with van der Waals surface area (Å²) in [7, 11) is 0. The molecule has 0 aliphatic heterocycles. The number of carbonyl (C=O) groups is 1. The van der Waals surface area contributed by atoms with Gasteiger partial charge in [0.1, 0.15) is 5.75 Å². The van der Waals surface area contributed by atoms with Crippen LogP contribution in [0.1, 0.15) is 0 Å². The Morgan fingerprint density at radius 2 is 1.77 bits per heavy atom. The van der Waals surface area contributed by atoms with Crippen molar-refractivity contribution < 1.29 is 14.1 Å². The average Bonchev–Trinajstić information content (AvgIpc) is 2.04. The molecule has 6 heteroatoms. The summed E-state index contributed by atoms with van der Waals surface area (Å²) in [5.41, 5.74) is -1.12. The minimum absolute atomic E-state index is 0.258. The van der Waals surface area contributed by atoms with Crippen LogP contribution >= 0.6 is 28.3 Å². The third-order valence-corrected chi connectivity index (χ3v) is 2.51. The molecule has 0 radical (unpaired) electrons. The topological polar surface area (TPSA) is 43.4 Å². The molecule has 0 aromatic heterocycles. The van der Waals surface area contributed by atoms with Gasteiger partial charge in [0.25, 0.3) is 0 Å². The van der Waals surface area contributed by atoms with Crippen LogP contribution in [0.3, 0.4) is 0 Å². The maximum absolute atomic E-state index is 10.9. The smallest absolute Gasteiger partial charge is 0.400 e. The number of hydrogen-bond acceptors (Lipinski definition) is 3. The van der Waals surface area contributed by atoms with Crippen molar-refractivity contribution in [2.75, 3.05) is 0 Å². The minimum Gasteiger partial charge on any atom is -0.419 e. The highest BCUT2D eigenvalue weighted by atomic mass is 35.9. The Labute approximate surface area is 84.6 Å². The molecule has 0 aliphatic carbocycles. The van der Waals surface area contributed by atoms with Crippen LogP contribution in [0.15, 0.2) is 30.3 Å². The summed E-state index contributed by atoms with van der Waals surface area (Å²) in [6.45, 7) is 0. The van der Waals surface area contributed by atoms with E-state index >= 15 is 0 Å². The van der Waals surface area contributed by atoms with E-state index in [1.54, 1.807) is 18.2 Å². The summed E-state index contributed by atoms with van der Waals surface area (Å²) in [4.78, 5) is 10.9. The third kappa shape index (κ3) is 3.39. The van der Waals surface area contributed by atoms with E-state index in [1.807, 2.05) is 0 Å². The highest BCUT2D eigenvalue weighted by molar-refractivity contribution is 8.18. The maximum atomic E-state index is 10.9. The molecule has 1 aromatic carbocycles. The van der Waals surface area contributed by atoms with Crippen molar-refractivity contribution in [1.82, 2.24) is 0 Å². The SMILES string of the molecule is O=C(Oc1ccccc1)P(=O)(Cl)Cl. The third-order valence-electron chi connectivity index (χ3n) is 1.16. The minimum atomic E-state index is -3.84. The average molecular weight is 239 g/mol. The molecule has 0 heterocycles. The zero-order chi connectivity index (χ0) is 9.90. The predicted molar refractivity (Wildman–Crippen MR) is 51.8 cm³/mol. The van der Waals surface area contributed by atoms with Gasteiger partial charge in [-0.05, 0) is 34.6 Å². The van der Waals surface area contributed by atoms with E-state index < -0.39 is 11.6 Å². The second-order valence-corrected chi connectivity index (χ2v) is 6.81. The van der Waals surface area contributed by atoms with E-state index in [2.05, 4.69) is 4.74 Å². The lowest BCUT2D eigenvalue weighted by molar-refractivity contribution is 0.225. The maximum Gasteiger partial charge on any atom is 0.400 e. The summed E-state index contributed by atoms with van der Waals surface area (Å²) in [5, 5.41) is 0. The number of ether oxygens (including phenoxy) is 1. The Kier molecular flexibility index (Phi) is 3.37. The van der Waals surface area contributed by atoms with Crippen LogP contribution < -0.4 is 4.74 Å². The van der Waals surface area contributed by atoms with Crippen LogP contribution in [-0.4, -0.2) is 5.71 Å². The van der Waals surface area contributed by atoms with Crippen molar-refractivity contribution in [3.8, 4) is 5.75 Å². The summed E-state index contributed by atoms with van der Waals surface area (Å²) in [6.07, 6.45) is 0. The van der Waals surface area contributed by atoms with E-state index in [9.17, 15) is 9.36 Å². The van der Waals surface area contributed by atoms with Crippen LogP contribution in [0.2, 0.25) is 0 Å². The molecule has 3 nitrogen and oxygen atoms in total. The molecule has 0 bridgehead atoms. The quantitative estimate of drug-likeness (QED) is 0.736. The van der Waals surface area contributed by atoms with Gasteiger partial charge in [0, 0.05) is 0 Å². The summed E-state index contributed by atoms with van der Waals surface area (Å²) < 4.78 is 15.4. The van der Waals surface area contributed by atoms with Gasteiger partial charge in [-0.15, -0.1) is 0 Å². The van der Waals surface area contributed by atoms with Crippen molar-refractivity contribution in [1.29, 1.82) is 0 Å². The molecular formula is C7H5Cl2O3P. The fourth-order valence-electron chi connectivity index (χ4n) is 0.642. The van der Waals surface area contributed by atoms with Gasteiger partial charge < -0.3 is 4.74 Å². The van der Waals surface area contributed by atoms with Gasteiger partial charge in [0.05, 0.1) is 0 Å². The molecule has 0 unspecified atom stereocenters. The van der Waals surface area contributed by atoms with Crippen molar-refractivity contribution in [2.24, 2.45) is 0 Å². The summed E-state index contributed by atoms with van der Waals surface area (Å²) in [5.74, 6) is -3.58. The number of hydrogen-bond donors (Lipinski definition) is 0. The fourth-order valence-corrected chi connectivity index (χ4v) is 1.06. The number of rotatable bonds is 2. The van der Waals surface area contributed by atoms with Crippen molar-refractivity contribution >= 4 is 34.0 Å². The first kappa shape index (κ1) is 10.6. The zero-order valence-corrected chi connectivity index (χ0v) is 8.72. The van der Waals surface area contributed by atoms with Gasteiger partial charge in [0.2, 0.25) is 0 Å². The van der Waals surface area contributed by atoms with E-state index in [1.165, 1.54) is 12.1 Å². The van der Waals surface area contributed by atoms with Crippen LogP contribution in [0.5, 0.6) is 5.75 Å². The van der Waals surface area contributed by atoms with Gasteiger partial charge in [-0.2, -0.15) is 0 Å². The van der Waals surface area contributed by atoms with E-state index in [0.717, 1.165) is 0 Å². The molecule has 0 aliphatic rings. The lowest BCUT2D eigenvalue weighted by Crippen LogP contribution is -2.00. The Bertz CT molecular complexity index is 346. The van der Waals surface area contributed by atoms with Crippen LogP contribution in [0.25, 0.3) is 0 Å². The lowest BCUT2D eigenvalue weighted by atomic mass is 10.3. The molecule has 0 amide bonds. The standard InChI is InChI=1S/C7H5Cl2O3P/c8-13(9,11)7(10)12-6-4-2-1-3-5-6/h1-5H. The molecule has 0 fully saturated rings. The van der Waals surface area contributed by atoms with Crippen molar-refractivity contribution in [3.05, 3.63) is 30.3 Å². The number of benzene rings is 1. The zero-order valence-electron chi connectivity index (χ0n) is 6.31. The molecule has 13 heavy (non-hydrogen) atoms. The van der Waals surface area contributed by atoms with Gasteiger partial charge in [-0.25, -0.2) is 4.79 Å². The molecule has 1 aromatic rings. The molecule has 1 rings (SSSR count). The van der Waals surface area contributed by atoms with E-state index in [-0.39, 0.29) is 5.75 Å². The van der Waals surface area contributed by atoms with E-state index in [0.29, 0.717) is 0 Å². The fraction of sp³-hybridized carbons (Fsp3) is 0. The van der Waals surface area contributed by atoms with Crippen LogP contribution in [-0.2, 0) is 4.57 Å². The first-order valence-corrected chi connectivity index (χ1v) is 6.78. The van der Waals surface area contributed by atoms with Gasteiger partial charge in [0.15, 0.2) is 0 Å². The molecule has 0 saturated carbocycles. The number of halogens is 2. The highest BCUT2D eigenvalue weighted by Crippen LogP contribution is 2.57. The van der Waals surface area contributed by atoms with Crippen LogP contribution in [0, 0.1) is 0 Å². The van der Waals surface area contributed by atoms with Gasteiger partial charge in [-0.1, -0.05) is 18.2 Å². The Balaban J connectivity index is 2.72. The molecule has 0 atom stereocenters. The van der Waals surface area contributed by atoms with Crippen LogP contribution in [0.4, 0.5) is 4.79 Å². The highest BCUT2D eigenvalue weighted by Gasteiger charge is 2.28. The lowest BCUT2D eigenvalue weighted by Gasteiger charge is -2.02. The van der Waals surface area contributed by atoms with E-state index in [4.69, 9.17) is 22.5 Å². The predicted octanol–water partition coefficient (Wildman–Crippen LogP) is 3.86. The first-order chi connectivity index (χ1) is 6.00. The van der Waals surface area contributed by atoms with Gasteiger partial charge in [-0.3, -0.25) is 4.57 Å². The number of carbonyl (C=O) groups excluding carboxylic acids is 1. The monoisotopic (exact) mass is 238 g/mol. The van der Waals surface area contributed by atoms with Crippen molar-refractivity contribution in [2.45, 2.75) is 0 Å². The van der Waals surface area contributed by atoms with Gasteiger partial charge >= 0.3 is 11.6 Å². The first-order valence-electron chi connectivity index (χ1n) is 3.27. The molecule has 0 saturated heterocycles. The Morgan fingerprint density at radius 1 is 1.23 bits per heavy atom. The molecular weight excluding hydrogens is 234 g/mol. The molecule has 0 N–H and O–H groups in total. The molecule has 0 spiro atoms. The second kappa shape index (κ2) is 4.14. The summed E-state index contributed by atoms with van der Waals surface area (Å²) in [6, 6.07) is 8.13. The second-order valence-electron chi connectivity index (χ2n) is 2.14.